The number of carbonyl (C=O) groups excluding carboxylic acids is 2. The van der Waals surface area contributed by atoms with E-state index in [1.807, 2.05) is 36.4 Å². The van der Waals surface area contributed by atoms with E-state index in [-0.39, 0.29) is 35.5 Å². The van der Waals surface area contributed by atoms with E-state index in [9.17, 15) is 18.0 Å². The number of sulfonamides is 1. The number of anilines is 1. The standard InChI is InChI=1S/C35H35Cl2N3O4S/c36-28-19-21-30(22-20-28)40(45(43,44)31-16-5-2-6-17-31)25-34(41)39(24-27-13-7-10-18-32(27)37)33(23-26-11-3-1-4-12-26)35(42)38-29-14-8-9-15-29/h1-7,10-13,16-22,29,33H,8-9,14-15,23-25H2,(H,38,42)/t33-/m1/s1. The molecule has 5 rings (SSSR count). The summed E-state index contributed by atoms with van der Waals surface area (Å²) in [5.41, 5.74) is 1.78. The number of nitrogens with zero attached hydrogens (tertiary/aromatic N) is 2. The highest BCUT2D eigenvalue weighted by Gasteiger charge is 2.35. The van der Waals surface area contributed by atoms with Crippen molar-refractivity contribution < 1.29 is 18.0 Å². The maximum atomic E-state index is 14.5. The molecule has 0 unspecified atom stereocenters. The van der Waals surface area contributed by atoms with Crippen molar-refractivity contribution in [3.8, 4) is 0 Å². The van der Waals surface area contributed by atoms with Crippen LogP contribution in [0.4, 0.5) is 5.69 Å². The third kappa shape index (κ3) is 8.25. The molecule has 1 aliphatic carbocycles. The molecule has 0 radical (unpaired) electrons. The van der Waals surface area contributed by atoms with E-state index >= 15 is 0 Å². The number of hydrogen-bond donors (Lipinski definition) is 1. The first-order valence-corrected chi connectivity index (χ1v) is 17.1. The van der Waals surface area contributed by atoms with E-state index in [0.717, 1.165) is 35.6 Å². The monoisotopic (exact) mass is 663 g/mol. The van der Waals surface area contributed by atoms with Gasteiger partial charge in [0.1, 0.15) is 12.6 Å². The molecule has 4 aromatic rings. The van der Waals surface area contributed by atoms with Gasteiger partial charge in [0.15, 0.2) is 0 Å². The number of nitrogens with one attached hydrogen (secondary N) is 1. The predicted molar refractivity (Wildman–Crippen MR) is 179 cm³/mol. The van der Waals surface area contributed by atoms with Crippen LogP contribution in [0.3, 0.4) is 0 Å². The number of benzene rings is 4. The molecule has 0 aromatic heterocycles. The first kappa shape index (κ1) is 32.5. The fourth-order valence-electron chi connectivity index (χ4n) is 5.59. The minimum absolute atomic E-state index is 0.00787. The van der Waals surface area contributed by atoms with Gasteiger partial charge in [-0.15, -0.1) is 0 Å². The largest absolute Gasteiger partial charge is 0.352 e. The van der Waals surface area contributed by atoms with Crippen LogP contribution in [0.25, 0.3) is 0 Å². The molecule has 0 saturated heterocycles. The van der Waals surface area contributed by atoms with Crippen molar-refractivity contribution in [2.45, 2.75) is 55.6 Å². The summed E-state index contributed by atoms with van der Waals surface area (Å²) in [4.78, 5) is 30.1. The second-order valence-corrected chi connectivity index (χ2v) is 13.8. The van der Waals surface area contributed by atoms with E-state index in [1.54, 1.807) is 60.7 Å². The fourth-order valence-corrected chi connectivity index (χ4v) is 7.34. The van der Waals surface area contributed by atoms with Gasteiger partial charge in [-0.1, -0.05) is 103 Å². The van der Waals surface area contributed by atoms with Gasteiger partial charge >= 0.3 is 0 Å². The zero-order valence-electron chi connectivity index (χ0n) is 24.7. The lowest BCUT2D eigenvalue weighted by molar-refractivity contribution is -0.140. The summed E-state index contributed by atoms with van der Waals surface area (Å²) < 4.78 is 29.1. The van der Waals surface area contributed by atoms with Crippen LogP contribution in [0, 0.1) is 0 Å². The Balaban J connectivity index is 1.56. The Morgan fingerprint density at radius 2 is 1.40 bits per heavy atom. The summed E-state index contributed by atoms with van der Waals surface area (Å²) in [6, 6.07) is 29.9. The first-order valence-electron chi connectivity index (χ1n) is 14.9. The van der Waals surface area contributed by atoms with Crippen LogP contribution in [0.5, 0.6) is 0 Å². The third-order valence-corrected chi connectivity index (χ3v) is 10.4. The van der Waals surface area contributed by atoms with Gasteiger partial charge in [0.2, 0.25) is 11.8 Å². The number of rotatable bonds is 12. The summed E-state index contributed by atoms with van der Waals surface area (Å²) in [6.07, 6.45) is 4.06. The van der Waals surface area contributed by atoms with E-state index in [4.69, 9.17) is 23.2 Å². The summed E-state index contributed by atoms with van der Waals surface area (Å²) in [5.74, 6) is -0.831. The molecule has 1 fully saturated rings. The molecule has 2 amide bonds. The van der Waals surface area contributed by atoms with E-state index < -0.39 is 28.5 Å². The van der Waals surface area contributed by atoms with Crippen molar-refractivity contribution in [3.63, 3.8) is 0 Å². The van der Waals surface area contributed by atoms with Crippen LogP contribution in [-0.2, 0) is 32.6 Å². The number of carbonyl (C=O) groups is 2. The molecule has 10 heteroatoms. The molecule has 4 aromatic carbocycles. The normalized spacial score (nSPS) is 14.1. The van der Waals surface area contributed by atoms with Crippen LogP contribution in [-0.4, -0.2) is 43.8 Å². The number of hydrogen-bond acceptors (Lipinski definition) is 4. The molecule has 1 saturated carbocycles. The molecule has 1 atom stereocenters. The molecule has 234 valence electrons. The van der Waals surface area contributed by atoms with Crippen molar-refractivity contribution in [1.82, 2.24) is 10.2 Å². The van der Waals surface area contributed by atoms with E-state index in [0.29, 0.717) is 15.6 Å². The fraction of sp³-hybridized carbons (Fsp3) is 0.257. The molecular weight excluding hydrogens is 629 g/mol. The molecular formula is C35H35Cl2N3O4S. The molecule has 1 N–H and O–H groups in total. The van der Waals surface area contributed by atoms with Crippen LogP contribution >= 0.6 is 23.2 Å². The smallest absolute Gasteiger partial charge is 0.264 e. The summed E-state index contributed by atoms with van der Waals surface area (Å²) in [7, 11) is -4.18. The van der Waals surface area contributed by atoms with Crippen molar-refractivity contribution in [3.05, 3.63) is 130 Å². The molecule has 0 bridgehead atoms. The van der Waals surface area contributed by atoms with Gasteiger partial charge in [0, 0.05) is 29.1 Å². The second-order valence-electron chi connectivity index (χ2n) is 11.1. The first-order chi connectivity index (χ1) is 21.7. The molecule has 0 heterocycles. The van der Waals surface area contributed by atoms with Crippen molar-refractivity contribution in [2.75, 3.05) is 10.8 Å². The van der Waals surface area contributed by atoms with Crippen molar-refractivity contribution >= 4 is 50.7 Å². The lowest BCUT2D eigenvalue weighted by atomic mass is 10.0. The summed E-state index contributed by atoms with van der Waals surface area (Å²) >= 11 is 12.7. The minimum Gasteiger partial charge on any atom is -0.352 e. The van der Waals surface area contributed by atoms with Crippen LogP contribution < -0.4 is 9.62 Å². The van der Waals surface area contributed by atoms with Gasteiger partial charge in [0.05, 0.1) is 10.6 Å². The molecule has 1 aliphatic rings. The van der Waals surface area contributed by atoms with Crippen LogP contribution in [0.2, 0.25) is 10.0 Å². The maximum absolute atomic E-state index is 14.5. The van der Waals surface area contributed by atoms with Crippen molar-refractivity contribution in [1.29, 1.82) is 0 Å². The average Bonchev–Trinajstić information content (AvgIpc) is 3.56. The van der Waals surface area contributed by atoms with Gasteiger partial charge in [-0.25, -0.2) is 8.42 Å². The van der Waals surface area contributed by atoms with Gasteiger partial charge in [-0.05, 0) is 66.4 Å². The van der Waals surface area contributed by atoms with Gasteiger partial charge in [-0.2, -0.15) is 0 Å². The summed E-state index contributed by atoms with van der Waals surface area (Å²) in [5, 5.41) is 4.04. The highest BCUT2D eigenvalue weighted by Crippen LogP contribution is 2.27. The third-order valence-electron chi connectivity index (χ3n) is 8.00. The number of halogens is 2. The Morgan fingerprint density at radius 3 is 2.04 bits per heavy atom. The summed E-state index contributed by atoms with van der Waals surface area (Å²) in [6.45, 7) is -0.542. The zero-order chi connectivity index (χ0) is 31.8. The minimum atomic E-state index is -4.18. The topological polar surface area (TPSA) is 86.8 Å². The molecule has 0 spiro atoms. The van der Waals surface area contributed by atoms with Crippen LogP contribution in [0.1, 0.15) is 36.8 Å². The second kappa shape index (κ2) is 15.0. The van der Waals surface area contributed by atoms with Gasteiger partial charge < -0.3 is 10.2 Å². The predicted octanol–water partition coefficient (Wildman–Crippen LogP) is 6.89. The lowest BCUT2D eigenvalue weighted by Gasteiger charge is -2.34. The SMILES string of the molecule is O=C(NC1CCCC1)[C@@H](Cc1ccccc1)N(Cc1ccccc1Cl)C(=O)CN(c1ccc(Cl)cc1)S(=O)(=O)c1ccccc1. The lowest BCUT2D eigenvalue weighted by Crippen LogP contribution is -2.54. The Morgan fingerprint density at radius 1 is 0.800 bits per heavy atom. The Labute approximate surface area is 274 Å². The maximum Gasteiger partial charge on any atom is 0.264 e. The van der Waals surface area contributed by atoms with Crippen LogP contribution in [0.15, 0.2) is 114 Å². The average molecular weight is 665 g/mol. The van der Waals surface area contributed by atoms with Gasteiger partial charge in [0.25, 0.3) is 10.0 Å². The quantitative estimate of drug-likeness (QED) is 0.179. The van der Waals surface area contributed by atoms with E-state index in [2.05, 4.69) is 5.32 Å². The molecule has 45 heavy (non-hydrogen) atoms. The Kier molecular flexibility index (Phi) is 10.8. The number of amides is 2. The zero-order valence-corrected chi connectivity index (χ0v) is 27.0. The highest BCUT2D eigenvalue weighted by molar-refractivity contribution is 7.92. The van der Waals surface area contributed by atoms with Crippen molar-refractivity contribution in [2.24, 2.45) is 0 Å². The Bertz CT molecular complexity index is 1700. The Hall–Kier alpha value is -3.85. The molecule has 0 aliphatic heterocycles. The van der Waals surface area contributed by atoms with Gasteiger partial charge in [-0.3, -0.25) is 13.9 Å². The molecule has 7 nitrogen and oxygen atoms in total. The highest BCUT2D eigenvalue weighted by atomic mass is 35.5. The van der Waals surface area contributed by atoms with E-state index in [1.165, 1.54) is 17.0 Å².